The molecular formula is C25H34FN2O2+. The highest BCUT2D eigenvalue weighted by molar-refractivity contribution is 5.76. The molecule has 2 aliphatic heterocycles. The summed E-state index contributed by atoms with van der Waals surface area (Å²) >= 11 is 0. The monoisotopic (exact) mass is 413 g/mol. The zero-order chi connectivity index (χ0) is 20.9. The molecule has 1 saturated carbocycles. The lowest BCUT2D eigenvalue weighted by Gasteiger charge is -2.46. The highest BCUT2D eigenvalue weighted by Crippen LogP contribution is 2.53. The maximum atomic E-state index is 14.1. The van der Waals surface area contributed by atoms with E-state index < -0.39 is 0 Å². The molecular weight excluding hydrogens is 379 g/mol. The van der Waals surface area contributed by atoms with E-state index in [1.807, 2.05) is 12.1 Å². The molecule has 2 aliphatic carbocycles. The second-order valence-corrected chi connectivity index (χ2v) is 10.2. The van der Waals surface area contributed by atoms with Gasteiger partial charge in [-0.3, -0.25) is 4.79 Å². The van der Waals surface area contributed by atoms with Crippen LogP contribution in [0.2, 0.25) is 0 Å². The molecule has 4 aliphatic rings. The van der Waals surface area contributed by atoms with E-state index in [2.05, 4.69) is 24.8 Å². The van der Waals surface area contributed by atoms with Crippen LogP contribution in [0.5, 0.6) is 0 Å². The van der Waals surface area contributed by atoms with Crippen LogP contribution >= 0.6 is 0 Å². The second kappa shape index (κ2) is 7.67. The lowest BCUT2D eigenvalue weighted by Crippen LogP contribution is -3.15. The van der Waals surface area contributed by atoms with E-state index in [-0.39, 0.29) is 35.1 Å². The third-order valence-electron chi connectivity index (χ3n) is 8.25. The zero-order valence-electron chi connectivity index (χ0n) is 18.2. The summed E-state index contributed by atoms with van der Waals surface area (Å²) in [6.07, 6.45) is 7.26. The van der Waals surface area contributed by atoms with Gasteiger partial charge >= 0.3 is 5.97 Å². The molecule has 2 saturated heterocycles. The van der Waals surface area contributed by atoms with Crippen LogP contribution in [-0.2, 0) is 9.53 Å². The summed E-state index contributed by atoms with van der Waals surface area (Å²) < 4.78 is 20.0. The molecule has 4 nitrogen and oxygen atoms in total. The molecule has 5 atom stereocenters. The Morgan fingerprint density at radius 3 is 2.80 bits per heavy atom. The number of para-hydroxylation sites is 1. The van der Waals surface area contributed by atoms with E-state index in [1.54, 1.807) is 11.6 Å². The highest BCUT2D eigenvalue weighted by Gasteiger charge is 2.52. The first-order valence-corrected chi connectivity index (χ1v) is 11.7. The number of piperazine rings is 1. The summed E-state index contributed by atoms with van der Waals surface area (Å²) in [6.45, 7) is 9.06. The Morgan fingerprint density at radius 1 is 1.27 bits per heavy atom. The third kappa shape index (κ3) is 3.45. The molecule has 0 amide bonds. The number of carbonyl (C=O) groups is 1. The highest BCUT2D eigenvalue weighted by atomic mass is 19.1. The number of rotatable bonds is 3. The molecule has 5 rings (SSSR count). The Hall–Kier alpha value is -1.88. The van der Waals surface area contributed by atoms with Crippen LogP contribution in [0.1, 0.15) is 39.5 Å². The molecule has 1 aromatic rings. The van der Waals surface area contributed by atoms with Crippen LogP contribution in [0.15, 0.2) is 35.9 Å². The molecule has 0 spiro atoms. The number of halogens is 1. The number of benzene rings is 1. The molecule has 162 valence electrons. The molecule has 1 aromatic carbocycles. The molecule has 0 bridgehead atoms. The quantitative estimate of drug-likeness (QED) is 0.611. The van der Waals surface area contributed by atoms with E-state index in [4.69, 9.17) is 4.74 Å². The number of anilines is 1. The molecule has 0 radical (unpaired) electrons. The van der Waals surface area contributed by atoms with Crippen LogP contribution < -0.4 is 9.80 Å². The number of nitrogens with zero attached hydrogens (tertiary/aromatic N) is 1. The average molecular weight is 414 g/mol. The Bertz CT molecular complexity index is 847. The van der Waals surface area contributed by atoms with Crippen molar-refractivity contribution in [1.29, 1.82) is 0 Å². The van der Waals surface area contributed by atoms with Crippen molar-refractivity contribution in [1.82, 2.24) is 0 Å². The maximum absolute atomic E-state index is 14.1. The van der Waals surface area contributed by atoms with Gasteiger partial charge in [0.2, 0.25) is 0 Å². The summed E-state index contributed by atoms with van der Waals surface area (Å²) in [7, 11) is 0. The van der Waals surface area contributed by atoms with E-state index in [0.29, 0.717) is 11.6 Å². The van der Waals surface area contributed by atoms with Crippen LogP contribution in [0, 0.1) is 29.0 Å². The predicted molar refractivity (Wildman–Crippen MR) is 115 cm³/mol. The summed E-state index contributed by atoms with van der Waals surface area (Å²) in [4.78, 5) is 16.4. The lowest BCUT2D eigenvalue weighted by molar-refractivity contribution is -0.903. The van der Waals surface area contributed by atoms with E-state index in [0.717, 1.165) is 39.1 Å². The van der Waals surface area contributed by atoms with Gasteiger partial charge < -0.3 is 14.5 Å². The van der Waals surface area contributed by atoms with Crippen molar-refractivity contribution in [2.45, 2.75) is 45.6 Å². The number of fused-ring (bicyclic) bond motifs is 2. The average Bonchev–Trinajstić information content (AvgIpc) is 3.01. The molecule has 5 heteroatoms. The topological polar surface area (TPSA) is 34.0 Å². The largest absolute Gasteiger partial charge is 0.461 e. The minimum Gasteiger partial charge on any atom is -0.461 e. The summed E-state index contributed by atoms with van der Waals surface area (Å²) in [5.74, 6) is 0.676. The van der Waals surface area contributed by atoms with Gasteiger partial charge in [0.1, 0.15) is 17.8 Å². The lowest BCUT2D eigenvalue weighted by atomic mass is 9.59. The van der Waals surface area contributed by atoms with Gasteiger partial charge in [0.25, 0.3) is 0 Å². The van der Waals surface area contributed by atoms with Gasteiger partial charge in [0, 0.05) is 5.92 Å². The zero-order valence-corrected chi connectivity index (χ0v) is 18.2. The number of allylic oxidation sites excluding steroid dienone is 1. The normalized spacial score (nSPS) is 36.7. The minimum atomic E-state index is -0.151. The molecule has 3 fully saturated rings. The number of esters is 1. The molecule has 0 aromatic heterocycles. The van der Waals surface area contributed by atoms with Gasteiger partial charge in [-0.1, -0.05) is 44.1 Å². The first-order valence-electron chi connectivity index (χ1n) is 11.7. The standard InChI is InChI=1S/C25H33FN2O2/c1-17-6-5-9-25(2)15-23-18(14-20(17)25)19(24(29)30-23)16-27-10-12-28(13-11-27)22-8-4-3-7-21(22)26/h3-4,7-8,14,17-19,23H,5-6,9-13,15-16H2,1-2H3/p+1/t17-,18+,19+,23+,25+/m0/s1. The third-order valence-corrected chi connectivity index (χ3v) is 8.25. The van der Waals surface area contributed by atoms with Gasteiger partial charge in [-0.25, -0.2) is 4.39 Å². The number of carbonyl (C=O) groups excluding carboxylic acids is 1. The van der Waals surface area contributed by atoms with Crippen molar-refractivity contribution >= 4 is 11.7 Å². The fourth-order valence-electron chi connectivity index (χ4n) is 6.57. The van der Waals surface area contributed by atoms with E-state index in [9.17, 15) is 9.18 Å². The molecule has 0 unspecified atom stereocenters. The van der Waals surface area contributed by atoms with Gasteiger partial charge in [0.15, 0.2) is 0 Å². The summed E-state index contributed by atoms with van der Waals surface area (Å²) in [5, 5.41) is 0. The molecule has 1 N–H and O–H groups in total. The van der Waals surface area contributed by atoms with Gasteiger partial charge in [-0.15, -0.1) is 0 Å². The fourth-order valence-corrected chi connectivity index (χ4v) is 6.57. The second-order valence-electron chi connectivity index (χ2n) is 10.2. The maximum Gasteiger partial charge on any atom is 0.315 e. The first kappa shape index (κ1) is 20.0. The van der Waals surface area contributed by atoms with E-state index >= 15 is 0 Å². The Kier molecular flexibility index (Phi) is 5.12. The number of hydrogen-bond donors (Lipinski definition) is 1. The first-order chi connectivity index (χ1) is 14.4. The summed E-state index contributed by atoms with van der Waals surface area (Å²) in [5.41, 5.74) is 2.49. The van der Waals surface area contributed by atoms with Crippen LogP contribution in [0.25, 0.3) is 0 Å². The van der Waals surface area contributed by atoms with Crippen LogP contribution in [0.3, 0.4) is 0 Å². The van der Waals surface area contributed by atoms with Gasteiger partial charge in [-0.2, -0.15) is 0 Å². The fraction of sp³-hybridized carbons (Fsp3) is 0.640. The van der Waals surface area contributed by atoms with Crippen LogP contribution in [0.4, 0.5) is 10.1 Å². The van der Waals surface area contributed by atoms with Crippen LogP contribution in [-0.4, -0.2) is 44.8 Å². The molecule has 30 heavy (non-hydrogen) atoms. The molecule has 2 heterocycles. The number of quaternary nitrogens is 1. The Labute approximate surface area is 179 Å². The van der Waals surface area contributed by atoms with Crippen molar-refractivity contribution in [2.24, 2.45) is 23.2 Å². The van der Waals surface area contributed by atoms with Crippen molar-refractivity contribution in [3.05, 3.63) is 41.7 Å². The number of ether oxygens (including phenoxy) is 1. The van der Waals surface area contributed by atoms with Crippen molar-refractivity contribution in [2.75, 3.05) is 37.6 Å². The number of nitrogens with one attached hydrogen (secondary N) is 1. The number of hydrogen-bond acceptors (Lipinski definition) is 3. The van der Waals surface area contributed by atoms with Gasteiger partial charge in [0.05, 0.1) is 38.4 Å². The van der Waals surface area contributed by atoms with E-state index in [1.165, 1.54) is 30.2 Å². The smallest absolute Gasteiger partial charge is 0.315 e. The Balaban J connectivity index is 1.27. The SMILES string of the molecule is C[C@H]1CCC[C@]2(C)C[C@H]3OC(=O)[C@H](C[NH+]4CCN(c5ccccc5F)CC4)[C@H]3C=C12. The Morgan fingerprint density at radius 2 is 2.03 bits per heavy atom. The van der Waals surface area contributed by atoms with Crippen molar-refractivity contribution in [3.8, 4) is 0 Å². The van der Waals surface area contributed by atoms with Crippen molar-refractivity contribution in [3.63, 3.8) is 0 Å². The predicted octanol–water partition coefficient (Wildman–Crippen LogP) is 2.84. The van der Waals surface area contributed by atoms with Crippen molar-refractivity contribution < 1.29 is 18.8 Å². The van der Waals surface area contributed by atoms with Gasteiger partial charge in [-0.05, 0) is 42.7 Å². The minimum absolute atomic E-state index is 0.000725. The summed E-state index contributed by atoms with van der Waals surface area (Å²) in [6, 6.07) is 7.01.